The van der Waals surface area contributed by atoms with Crippen molar-refractivity contribution in [3.05, 3.63) is 29.8 Å². The predicted octanol–water partition coefficient (Wildman–Crippen LogP) is 0.579. The molecule has 1 aromatic carbocycles. The molecule has 0 spiro atoms. The van der Waals surface area contributed by atoms with Crippen LogP contribution in [0.5, 0.6) is 5.75 Å². The highest BCUT2D eigenvalue weighted by Gasteiger charge is 2.30. The standard InChI is InChI=1S/C12H13NO5/c14-11(15)7-1-3-8(4-2-7)18-9-5-10(12(16)17)13-6-9/h1-4,9-10,13H,5-6H2,(H,14,15)(H,16,17)/t9-,10-/m1/s1. The van der Waals surface area contributed by atoms with Gasteiger partial charge in [0.05, 0.1) is 5.56 Å². The Morgan fingerprint density at radius 3 is 2.39 bits per heavy atom. The number of nitrogens with one attached hydrogen (secondary N) is 1. The van der Waals surface area contributed by atoms with E-state index in [1.165, 1.54) is 12.1 Å². The molecule has 6 heteroatoms. The van der Waals surface area contributed by atoms with Gasteiger partial charge in [-0.2, -0.15) is 0 Å². The van der Waals surface area contributed by atoms with E-state index in [-0.39, 0.29) is 11.7 Å². The second-order valence-electron chi connectivity index (χ2n) is 4.10. The van der Waals surface area contributed by atoms with Gasteiger partial charge in [0.25, 0.3) is 0 Å². The van der Waals surface area contributed by atoms with E-state index in [1.54, 1.807) is 12.1 Å². The van der Waals surface area contributed by atoms with Gasteiger partial charge in [0.15, 0.2) is 0 Å². The first-order chi connectivity index (χ1) is 8.56. The largest absolute Gasteiger partial charge is 0.489 e. The van der Waals surface area contributed by atoms with E-state index in [1.807, 2.05) is 0 Å². The summed E-state index contributed by atoms with van der Waals surface area (Å²) >= 11 is 0. The lowest BCUT2D eigenvalue weighted by Crippen LogP contribution is -2.30. The summed E-state index contributed by atoms with van der Waals surface area (Å²) in [6.07, 6.45) is 0.192. The molecule has 1 aliphatic rings. The van der Waals surface area contributed by atoms with Crippen LogP contribution in [0, 0.1) is 0 Å². The fourth-order valence-electron chi connectivity index (χ4n) is 1.85. The molecule has 0 amide bonds. The van der Waals surface area contributed by atoms with Crippen LogP contribution in [-0.2, 0) is 4.79 Å². The van der Waals surface area contributed by atoms with Crippen molar-refractivity contribution in [2.45, 2.75) is 18.6 Å². The Kier molecular flexibility index (Phi) is 3.47. The van der Waals surface area contributed by atoms with Crippen LogP contribution in [0.15, 0.2) is 24.3 Å². The van der Waals surface area contributed by atoms with E-state index in [9.17, 15) is 9.59 Å². The lowest BCUT2D eigenvalue weighted by molar-refractivity contribution is -0.139. The van der Waals surface area contributed by atoms with Gasteiger partial charge in [-0.05, 0) is 24.3 Å². The highest BCUT2D eigenvalue weighted by molar-refractivity contribution is 5.87. The first kappa shape index (κ1) is 12.4. The molecule has 0 unspecified atom stereocenters. The van der Waals surface area contributed by atoms with E-state index in [4.69, 9.17) is 14.9 Å². The predicted molar refractivity (Wildman–Crippen MR) is 61.9 cm³/mol. The third-order valence-corrected chi connectivity index (χ3v) is 2.79. The van der Waals surface area contributed by atoms with Crippen LogP contribution in [0.1, 0.15) is 16.8 Å². The zero-order chi connectivity index (χ0) is 13.1. The Balaban J connectivity index is 1.94. The van der Waals surface area contributed by atoms with E-state index >= 15 is 0 Å². The molecule has 1 aromatic rings. The lowest BCUT2D eigenvalue weighted by atomic mass is 10.2. The summed E-state index contributed by atoms with van der Waals surface area (Å²) in [7, 11) is 0. The van der Waals surface area contributed by atoms with E-state index in [2.05, 4.69) is 5.32 Å². The molecule has 0 aromatic heterocycles. The third-order valence-electron chi connectivity index (χ3n) is 2.79. The molecular formula is C12H13NO5. The third kappa shape index (κ3) is 2.78. The number of rotatable bonds is 4. The van der Waals surface area contributed by atoms with Gasteiger partial charge < -0.3 is 20.3 Å². The van der Waals surface area contributed by atoms with Gasteiger partial charge in [0, 0.05) is 13.0 Å². The van der Waals surface area contributed by atoms with Crippen molar-refractivity contribution < 1.29 is 24.5 Å². The minimum atomic E-state index is -0.991. The first-order valence-corrected chi connectivity index (χ1v) is 5.52. The van der Waals surface area contributed by atoms with Crippen molar-refractivity contribution in [2.75, 3.05) is 6.54 Å². The molecule has 1 heterocycles. The SMILES string of the molecule is O=C(O)c1ccc(O[C@H]2CN[C@@H](C(=O)O)C2)cc1. The van der Waals surface area contributed by atoms with Gasteiger partial charge in [-0.15, -0.1) is 0 Å². The van der Waals surface area contributed by atoms with Crippen LogP contribution in [0.3, 0.4) is 0 Å². The van der Waals surface area contributed by atoms with Crippen molar-refractivity contribution in [3.8, 4) is 5.75 Å². The normalized spacial score (nSPS) is 22.7. The Labute approximate surface area is 103 Å². The number of carbonyl (C=O) groups is 2. The van der Waals surface area contributed by atoms with Crippen molar-refractivity contribution in [1.82, 2.24) is 5.32 Å². The quantitative estimate of drug-likeness (QED) is 0.724. The molecule has 1 aliphatic heterocycles. The van der Waals surface area contributed by atoms with Crippen molar-refractivity contribution in [2.24, 2.45) is 0 Å². The molecule has 0 aliphatic carbocycles. The molecule has 0 saturated carbocycles. The minimum Gasteiger partial charge on any atom is -0.489 e. The van der Waals surface area contributed by atoms with Crippen molar-refractivity contribution in [1.29, 1.82) is 0 Å². The first-order valence-electron chi connectivity index (χ1n) is 5.52. The Bertz CT molecular complexity index is 456. The molecule has 0 bridgehead atoms. The van der Waals surface area contributed by atoms with Gasteiger partial charge in [-0.25, -0.2) is 4.79 Å². The van der Waals surface area contributed by atoms with Gasteiger partial charge in [0.2, 0.25) is 0 Å². The molecule has 0 radical (unpaired) electrons. The topological polar surface area (TPSA) is 95.9 Å². The Morgan fingerprint density at radius 2 is 1.89 bits per heavy atom. The highest BCUT2D eigenvalue weighted by Crippen LogP contribution is 2.18. The number of benzene rings is 1. The van der Waals surface area contributed by atoms with Crippen LogP contribution < -0.4 is 10.1 Å². The lowest BCUT2D eigenvalue weighted by Gasteiger charge is -2.12. The maximum atomic E-state index is 10.7. The maximum absolute atomic E-state index is 10.7. The molecule has 18 heavy (non-hydrogen) atoms. The summed E-state index contributed by atoms with van der Waals surface area (Å²) in [4.78, 5) is 21.4. The molecule has 96 valence electrons. The summed E-state index contributed by atoms with van der Waals surface area (Å²) in [6.45, 7) is 0.470. The molecule has 3 N–H and O–H groups in total. The molecule has 1 fully saturated rings. The van der Waals surface area contributed by atoms with E-state index in [0.29, 0.717) is 18.7 Å². The van der Waals surface area contributed by atoms with Crippen LogP contribution in [-0.4, -0.2) is 40.8 Å². The van der Waals surface area contributed by atoms with Crippen LogP contribution in [0.2, 0.25) is 0 Å². The average molecular weight is 251 g/mol. The molecule has 2 rings (SSSR count). The number of aromatic carboxylic acids is 1. The molecule has 6 nitrogen and oxygen atoms in total. The van der Waals surface area contributed by atoms with Gasteiger partial charge in [-0.1, -0.05) is 0 Å². The van der Waals surface area contributed by atoms with Crippen LogP contribution in [0.4, 0.5) is 0 Å². The summed E-state index contributed by atoms with van der Waals surface area (Å²) < 4.78 is 5.57. The minimum absolute atomic E-state index is 0.190. The number of aliphatic carboxylic acids is 1. The number of carboxylic acid groups (broad SMARTS) is 2. The molecule has 2 atom stereocenters. The van der Waals surface area contributed by atoms with Gasteiger partial charge in [-0.3, -0.25) is 4.79 Å². The average Bonchev–Trinajstić information content (AvgIpc) is 2.78. The summed E-state index contributed by atoms with van der Waals surface area (Å²) in [5.41, 5.74) is 0.190. The highest BCUT2D eigenvalue weighted by atomic mass is 16.5. The Morgan fingerprint density at radius 1 is 1.22 bits per heavy atom. The molecular weight excluding hydrogens is 238 g/mol. The fourth-order valence-corrected chi connectivity index (χ4v) is 1.85. The van der Waals surface area contributed by atoms with Gasteiger partial charge >= 0.3 is 11.9 Å². The number of carboxylic acids is 2. The van der Waals surface area contributed by atoms with E-state index < -0.39 is 18.0 Å². The van der Waals surface area contributed by atoms with Gasteiger partial charge in [0.1, 0.15) is 17.9 Å². The molecule has 1 saturated heterocycles. The number of hydrogen-bond donors (Lipinski definition) is 3. The second-order valence-corrected chi connectivity index (χ2v) is 4.10. The monoisotopic (exact) mass is 251 g/mol. The summed E-state index contributed by atoms with van der Waals surface area (Å²) in [5, 5.41) is 20.4. The van der Waals surface area contributed by atoms with Crippen LogP contribution in [0.25, 0.3) is 0 Å². The van der Waals surface area contributed by atoms with Crippen molar-refractivity contribution >= 4 is 11.9 Å². The van der Waals surface area contributed by atoms with E-state index in [0.717, 1.165) is 0 Å². The summed E-state index contributed by atoms with van der Waals surface area (Å²) in [6, 6.07) is 5.46. The van der Waals surface area contributed by atoms with Crippen molar-refractivity contribution in [3.63, 3.8) is 0 Å². The zero-order valence-corrected chi connectivity index (χ0v) is 9.50. The fraction of sp³-hybridized carbons (Fsp3) is 0.333. The number of ether oxygens (including phenoxy) is 1. The van der Waals surface area contributed by atoms with Crippen LogP contribution >= 0.6 is 0 Å². The maximum Gasteiger partial charge on any atom is 0.335 e. The Hall–Kier alpha value is -2.08. The number of hydrogen-bond acceptors (Lipinski definition) is 4. The summed E-state index contributed by atoms with van der Waals surface area (Å²) in [5.74, 6) is -1.34. The smallest absolute Gasteiger partial charge is 0.335 e. The second kappa shape index (κ2) is 5.05. The zero-order valence-electron chi connectivity index (χ0n) is 9.50.